The molecule has 2 aliphatic rings. The Morgan fingerprint density at radius 3 is 2.44 bits per heavy atom. The highest BCUT2D eigenvalue weighted by Gasteiger charge is 2.33. The minimum Gasteiger partial charge on any atom is -0.357 e. The van der Waals surface area contributed by atoms with Crippen LogP contribution in [-0.4, -0.2) is 39.3 Å². The minimum absolute atomic E-state index is 0.117. The zero-order valence-corrected chi connectivity index (χ0v) is 21.2. The molecule has 3 heterocycles. The number of rotatable bonds is 5. The summed E-state index contributed by atoms with van der Waals surface area (Å²) in [6, 6.07) is 12.1. The van der Waals surface area contributed by atoms with Gasteiger partial charge < -0.3 is 4.90 Å². The van der Waals surface area contributed by atoms with Gasteiger partial charge in [-0.1, -0.05) is 67.2 Å². The average molecular weight is 493 g/mol. The van der Waals surface area contributed by atoms with Gasteiger partial charge in [0.1, 0.15) is 21.8 Å². The molecule has 1 aromatic heterocycles. The van der Waals surface area contributed by atoms with Crippen LogP contribution in [0.3, 0.4) is 0 Å². The van der Waals surface area contributed by atoms with E-state index in [1.807, 2.05) is 36.4 Å². The maximum Gasteiger partial charge on any atom is 0.270 e. The van der Waals surface area contributed by atoms with Gasteiger partial charge in [-0.15, -0.1) is 0 Å². The molecule has 0 bridgehead atoms. The first kappa shape index (κ1) is 24.2. The highest BCUT2D eigenvalue weighted by atomic mass is 32.2. The molecule has 34 heavy (non-hydrogen) atoms. The largest absolute Gasteiger partial charge is 0.357 e. The number of carbonyl (C=O) groups excluding carboxylic acids is 1. The summed E-state index contributed by atoms with van der Waals surface area (Å²) in [6.45, 7) is 4.00. The van der Waals surface area contributed by atoms with E-state index in [-0.39, 0.29) is 17.0 Å². The molecule has 2 fully saturated rings. The number of anilines is 1. The van der Waals surface area contributed by atoms with Gasteiger partial charge in [-0.3, -0.25) is 19.1 Å². The van der Waals surface area contributed by atoms with Gasteiger partial charge in [-0.05, 0) is 43.4 Å². The van der Waals surface area contributed by atoms with Crippen molar-refractivity contribution in [3.63, 3.8) is 0 Å². The Hall–Kier alpha value is -2.89. The van der Waals surface area contributed by atoms with E-state index in [0.717, 1.165) is 62.1 Å². The maximum absolute atomic E-state index is 13.3. The lowest BCUT2D eigenvalue weighted by Gasteiger charge is -2.28. The summed E-state index contributed by atoms with van der Waals surface area (Å²) >= 11 is 6.82. The number of thioether (sulfide) groups is 1. The first-order valence-corrected chi connectivity index (χ1v) is 12.8. The molecule has 0 aliphatic carbocycles. The summed E-state index contributed by atoms with van der Waals surface area (Å²) in [5.74, 6) is 0.650. The van der Waals surface area contributed by atoms with Gasteiger partial charge in [0.15, 0.2) is 0 Å². The van der Waals surface area contributed by atoms with Crippen LogP contribution in [0.15, 0.2) is 40.0 Å². The Labute approximate surface area is 209 Å². The van der Waals surface area contributed by atoms with E-state index >= 15 is 0 Å². The van der Waals surface area contributed by atoms with Crippen molar-refractivity contribution in [3.05, 3.63) is 67.8 Å². The molecule has 0 radical (unpaired) electrons. The number of nitrogens with zero attached hydrogens (tertiary/aromatic N) is 4. The van der Waals surface area contributed by atoms with E-state index in [1.165, 1.54) is 11.8 Å². The van der Waals surface area contributed by atoms with E-state index in [4.69, 9.17) is 12.2 Å². The lowest BCUT2D eigenvalue weighted by atomic mass is 10.0. The van der Waals surface area contributed by atoms with Gasteiger partial charge in [0.2, 0.25) is 0 Å². The van der Waals surface area contributed by atoms with Gasteiger partial charge in [-0.2, -0.15) is 5.26 Å². The molecule has 6 nitrogen and oxygen atoms in total. The Kier molecular flexibility index (Phi) is 7.54. The summed E-state index contributed by atoms with van der Waals surface area (Å²) in [4.78, 5) is 30.6. The molecule has 2 aliphatic heterocycles. The van der Waals surface area contributed by atoms with Crippen molar-refractivity contribution < 1.29 is 4.79 Å². The van der Waals surface area contributed by atoms with Gasteiger partial charge in [0.25, 0.3) is 11.5 Å². The summed E-state index contributed by atoms with van der Waals surface area (Å²) in [5, 5.41) is 9.67. The van der Waals surface area contributed by atoms with Crippen LogP contribution in [0.2, 0.25) is 0 Å². The zero-order chi connectivity index (χ0) is 24.2. The predicted molar refractivity (Wildman–Crippen MR) is 142 cm³/mol. The number of pyridine rings is 1. The monoisotopic (exact) mass is 492 g/mol. The molecule has 2 saturated heterocycles. The van der Waals surface area contributed by atoms with Crippen LogP contribution in [0.25, 0.3) is 6.08 Å². The van der Waals surface area contributed by atoms with Crippen LogP contribution in [0, 0.1) is 18.3 Å². The standard InChI is InChI=1S/C26H28N4O2S2/c1-18-20(23(28(2)24(31)21(18)17-27)29-13-8-3-4-9-14-29)16-22-25(32)30(26(33)34-22)15-12-19-10-6-5-7-11-19/h5-7,10-11,16H,3-4,8-9,12-15H2,1-2H3. The van der Waals surface area contributed by atoms with Crippen LogP contribution in [0.4, 0.5) is 5.82 Å². The van der Waals surface area contributed by atoms with Gasteiger partial charge in [0, 0.05) is 32.2 Å². The van der Waals surface area contributed by atoms with E-state index in [1.54, 1.807) is 23.4 Å². The molecule has 0 unspecified atom stereocenters. The Morgan fingerprint density at radius 2 is 1.79 bits per heavy atom. The SMILES string of the molecule is Cc1c(C=C2SC(=S)N(CCc3ccccc3)C2=O)c(N2CCCCCC2)n(C)c(=O)c1C#N. The van der Waals surface area contributed by atoms with Gasteiger partial charge >= 0.3 is 0 Å². The molecule has 1 aromatic carbocycles. The van der Waals surface area contributed by atoms with Crippen LogP contribution in [0.1, 0.15) is 47.9 Å². The number of benzene rings is 1. The molecule has 176 valence electrons. The third-order valence-corrected chi connectivity index (χ3v) is 7.87. The summed E-state index contributed by atoms with van der Waals surface area (Å²) < 4.78 is 2.10. The van der Waals surface area contributed by atoms with Crippen molar-refractivity contribution in [2.75, 3.05) is 24.5 Å². The van der Waals surface area contributed by atoms with Gasteiger partial charge in [-0.25, -0.2) is 0 Å². The average Bonchev–Trinajstić information content (AvgIpc) is 3.00. The molecule has 0 spiro atoms. The molecule has 8 heteroatoms. The van der Waals surface area contributed by atoms with Crippen molar-refractivity contribution >= 4 is 46.1 Å². The number of thiocarbonyl (C=S) groups is 1. The summed E-state index contributed by atoms with van der Waals surface area (Å²) in [6.07, 6.45) is 6.97. The highest BCUT2D eigenvalue weighted by Crippen LogP contribution is 2.36. The van der Waals surface area contributed by atoms with Crippen LogP contribution in [-0.2, 0) is 18.3 Å². The number of hydrogen-bond donors (Lipinski definition) is 0. The van der Waals surface area contributed by atoms with Crippen LogP contribution in [0.5, 0.6) is 0 Å². The fourth-order valence-corrected chi connectivity index (χ4v) is 5.88. The van der Waals surface area contributed by atoms with Crippen LogP contribution >= 0.6 is 24.0 Å². The molecule has 4 rings (SSSR count). The molecule has 0 N–H and O–H groups in total. The van der Waals surface area contributed by atoms with Crippen molar-refractivity contribution in [1.82, 2.24) is 9.47 Å². The Balaban J connectivity index is 1.72. The number of hydrogen-bond acceptors (Lipinski definition) is 6. The first-order valence-electron chi connectivity index (χ1n) is 11.6. The smallest absolute Gasteiger partial charge is 0.270 e. The fraction of sp³-hybridized carbons (Fsp3) is 0.385. The second-order valence-corrected chi connectivity index (χ2v) is 10.4. The Morgan fingerprint density at radius 1 is 1.12 bits per heavy atom. The van der Waals surface area contributed by atoms with E-state index in [2.05, 4.69) is 11.0 Å². The molecule has 2 aromatic rings. The zero-order valence-electron chi connectivity index (χ0n) is 19.5. The van der Waals surface area contributed by atoms with E-state index in [9.17, 15) is 14.9 Å². The predicted octanol–water partition coefficient (Wildman–Crippen LogP) is 4.39. The third-order valence-electron chi connectivity index (χ3n) is 6.49. The number of nitriles is 1. The second kappa shape index (κ2) is 10.6. The lowest BCUT2D eigenvalue weighted by Crippen LogP contribution is -2.34. The summed E-state index contributed by atoms with van der Waals surface area (Å²) in [7, 11) is 1.71. The van der Waals surface area contributed by atoms with Crippen molar-refractivity contribution in [2.45, 2.75) is 39.0 Å². The minimum atomic E-state index is -0.299. The van der Waals surface area contributed by atoms with Crippen molar-refractivity contribution in [2.24, 2.45) is 7.05 Å². The topological polar surface area (TPSA) is 69.3 Å². The molecule has 0 atom stereocenters. The lowest BCUT2D eigenvalue weighted by molar-refractivity contribution is -0.122. The number of carbonyl (C=O) groups is 1. The quantitative estimate of drug-likeness (QED) is 0.456. The van der Waals surface area contributed by atoms with E-state index < -0.39 is 0 Å². The van der Waals surface area contributed by atoms with Crippen LogP contribution < -0.4 is 10.5 Å². The number of amides is 1. The molecular formula is C26H28N4O2S2. The van der Waals surface area contributed by atoms with Crippen molar-refractivity contribution in [1.29, 1.82) is 5.26 Å². The molecule has 1 amide bonds. The maximum atomic E-state index is 13.3. The molecular weight excluding hydrogens is 464 g/mol. The Bertz CT molecular complexity index is 1240. The summed E-state index contributed by atoms with van der Waals surface area (Å²) in [5.41, 5.74) is 2.33. The van der Waals surface area contributed by atoms with Crippen molar-refractivity contribution in [3.8, 4) is 6.07 Å². The second-order valence-electron chi connectivity index (χ2n) is 8.68. The van der Waals surface area contributed by atoms with Gasteiger partial charge in [0.05, 0.1) is 4.91 Å². The normalized spacial score (nSPS) is 17.9. The fourth-order valence-electron chi connectivity index (χ4n) is 4.59. The third kappa shape index (κ3) is 4.82. The molecule has 0 saturated carbocycles. The van der Waals surface area contributed by atoms with E-state index in [0.29, 0.717) is 21.3 Å². The highest BCUT2D eigenvalue weighted by molar-refractivity contribution is 8.26. The number of aromatic nitrogens is 1. The first-order chi connectivity index (χ1) is 16.4.